The number of carbonyl (C=O) groups excluding carboxylic acids is 1. The molecule has 0 unspecified atom stereocenters. The second-order valence-electron chi connectivity index (χ2n) is 14.0. The van der Waals surface area contributed by atoms with Crippen molar-refractivity contribution in [2.75, 3.05) is 19.8 Å². The molecule has 1 rings (SSSR count). The Morgan fingerprint density at radius 3 is 1.64 bits per heavy atom. The fraction of sp³-hybridized carbons (Fsp3) is 0.686. The lowest BCUT2D eigenvalue weighted by Gasteiger charge is -2.44. The summed E-state index contributed by atoms with van der Waals surface area (Å²) < 4.78 is 250. The van der Waals surface area contributed by atoms with E-state index in [0.717, 1.165) is 0 Å². The maximum absolute atomic E-state index is 14.9. The lowest BCUT2D eigenvalue weighted by atomic mass is 9.88. The lowest BCUT2D eigenvalue weighted by molar-refractivity contribution is -0.461. The molecule has 1 aromatic rings. The van der Waals surface area contributed by atoms with Gasteiger partial charge in [0.05, 0.1) is 12.7 Å². The third-order valence-corrected chi connectivity index (χ3v) is 15.1. The molecule has 0 aliphatic carbocycles. The predicted molar refractivity (Wildman–Crippen MR) is 178 cm³/mol. The summed E-state index contributed by atoms with van der Waals surface area (Å²) in [5.41, 5.74) is -1.24. The zero-order valence-electron chi connectivity index (χ0n) is 31.5. The number of halogens is 17. The van der Waals surface area contributed by atoms with Crippen molar-refractivity contribution in [1.29, 1.82) is 0 Å². The minimum absolute atomic E-state index is 0.0435. The molecule has 0 aliphatic heterocycles. The van der Waals surface area contributed by atoms with E-state index in [-0.39, 0.29) is 24.9 Å². The lowest BCUT2D eigenvalue weighted by Crippen LogP contribution is -2.74. The van der Waals surface area contributed by atoms with E-state index < -0.39 is 98.2 Å². The van der Waals surface area contributed by atoms with Gasteiger partial charge in [-0.15, -0.1) is 0 Å². The molecule has 1 aromatic carbocycles. The third-order valence-electron chi connectivity index (χ3n) is 9.44. The first-order valence-electron chi connectivity index (χ1n) is 17.3. The average molecular weight is 895 g/mol. The molecule has 0 spiro atoms. The van der Waals surface area contributed by atoms with Gasteiger partial charge in [-0.25, -0.2) is 4.79 Å². The molecule has 336 valence electrons. The molecule has 0 saturated carbocycles. The number of aliphatic hydroxyl groups is 1. The Bertz CT molecular complexity index is 1500. The van der Waals surface area contributed by atoms with Crippen LogP contribution in [0.15, 0.2) is 49.1 Å². The van der Waals surface area contributed by atoms with Crippen LogP contribution in [-0.4, -0.2) is 86.8 Å². The number of aliphatic hydroxyl groups excluding tert-OH is 1. The predicted octanol–water partition coefficient (Wildman–Crippen LogP) is 12.0. The van der Waals surface area contributed by atoms with E-state index in [1.807, 2.05) is 0 Å². The smallest absolute Gasteiger partial charge is 0.460 e. The van der Waals surface area contributed by atoms with Crippen molar-refractivity contribution >= 4 is 14.3 Å². The Morgan fingerprint density at radius 2 is 1.19 bits per heavy atom. The molecule has 0 heterocycles. The second-order valence-corrected chi connectivity index (χ2v) is 19.0. The minimum Gasteiger partial charge on any atom is -0.491 e. The highest BCUT2D eigenvalue weighted by Gasteiger charge is 2.95. The number of esters is 1. The van der Waals surface area contributed by atoms with E-state index in [1.54, 1.807) is 13.0 Å². The molecule has 0 aromatic heterocycles. The highest BCUT2D eigenvalue weighted by atomic mass is 28.4. The van der Waals surface area contributed by atoms with Gasteiger partial charge in [-0.1, -0.05) is 65.5 Å². The van der Waals surface area contributed by atoms with Crippen molar-refractivity contribution in [2.24, 2.45) is 5.92 Å². The summed E-state index contributed by atoms with van der Waals surface area (Å²) in [6, 6.07) is 4.56. The van der Waals surface area contributed by atoms with Gasteiger partial charge in [0.1, 0.15) is 19.0 Å². The van der Waals surface area contributed by atoms with Gasteiger partial charge in [-0.2, -0.15) is 74.6 Å². The second kappa shape index (κ2) is 19.1. The highest BCUT2D eigenvalue weighted by molar-refractivity contribution is 6.76. The van der Waals surface area contributed by atoms with Crippen molar-refractivity contribution in [2.45, 2.75) is 125 Å². The normalized spacial score (nSPS) is 15.6. The van der Waals surface area contributed by atoms with Crippen LogP contribution in [0.2, 0.25) is 17.1 Å². The topological polar surface area (TPSA) is 65.0 Å². The monoisotopic (exact) mass is 894 g/mol. The Morgan fingerprint density at radius 1 is 0.724 bits per heavy atom. The molecule has 0 aliphatic rings. The molecular weight excluding hydrogens is 851 g/mol. The summed E-state index contributed by atoms with van der Waals surface area (Å²) in [6.45, 7) is 9.68. The van der Waals surface area contributed by atoms with Crippen LogP contribution < -0.4 is 4.74 Å². The van der Waals surface area contributed by atoms with Crippen LogP contribution in [0.3, 0.4) is 0 Å². The quantitative estimate of drug-likeness (QED) is 0.0280. The van der Waals surface area contributed by atoms with Crippen LogP contribution in [0, 0.1) is 5.92 Å². The van der Waals surface area contributed by atoms with Crippen LogP contribution in [0.1, 0.15) is 65.5 Å². The molecular formula is C35H43F17O5Si. The first kappa shape index (κ1) is 52.9. The van der Waals surface area contributed by atoms with Crippen LogP contribution in [0.25, 0.3) is 0 Å². The summed E-state index contributed by atoms with van der Waals surface area (Å²) in [5, 5.41) is 10.7. The van der Waals surface area contributed by atoms with Crippen molar-refractivity contribution < 1.29 is 98.4 Å². The Balaban J connectivity index is 3.12. The third kappa shape index (κ3) is 10.6. The first-order valence-corrected chi connectivity index (χ1v) is 19.5. The van der Waals surface area contributed by atoms with Gasteiger partial charge >= 0.3 is 53.6 Å². The summed E-state index contributed by atoms with van der Waals surface area (Å²) >= 11 is 0. The number of rotatable bonds is 24. The number of hydrogen-bond acceptors (Lipinski definition) is 5. The van der Waals surface area contributed by atoms with Gasteiger partial charge in [-0.3, -0.25) is 0 Å². The van der Waals surface area contributed by atoms with Gasteiger partial charge < -0.3 is 19.0 Å². The maximum Gasteiger partial charge on any atom is 0.460 e. The van der Waals surface area contributed by atoms with Gasteiger partial charge in [0.2, 0.25) is 0 Å². The van der Waals surface area contributed by atoms with E-state index in [4.69, 9.17) is 13.9 Å². The zero-order chi connectivity index (χ0) is 45.6. The Kier molecular flexibility index (Phi) is 17.4. The molecule has 0 bridgehead atoms. The highest BCUT2D eigenvalue weighted by Crippen LogP contribution is 2.64. The summed E-state index contributed by atoms with van der Waals surface area (Å²) in [6.07, 6.45) is -6.20. The minimum atomic E-state index is -8.68. The zero-order valence-corrected chi connectivity index (χ0v) is 32.5. The standard InChI is InChI=1S/C35H43F17O5Si/c1-7-17-56-26(53)11-9-8-10-23(6)27(54)24-12-14-25(15-13-24)55-18-19-57-58(21(2)3,22(4)5)20-16-28(36,37)29(38,39)30(40,41)31(42,43)32(44,45)33(46,47)34(48,49)35(50,51)52/h7,9,11-15,21-23,27,54H,1,8,10,16-20H2,2-6H3/b11-9+/t23-,27-/m1/s1. The molecule has 23 heteroatoms. The molecule has 0 saturated heterocycles. The molecule has 58 heavy (non-hydrogen) atoms. The molecule has 0 radical (unpaired) electrons. The molecule has 2 atom stereocenters. The van der Waals surface area contributed by atoms with E-state index in [1.165, 1.54) is 64.1 Å². The number of benzene rings is 1. The van der Waals surface area contributed by atoms with E-state index in [2.05, 4.69) is 6.58 Å². The first-order chi connectivity index (χ1) is 26.1. The van der Waals surface area contributed by atoms with Gasteiger partial charge in [0, 0.05) is 12.5 Å². The van der Waals surface area contributed by atoms with Crippen molar-refractivity contribution in [3.8, 4) is 5.75 Å². The van der Waals surface area contributed by atoms with Gasteiger partial charge in [0.15, 0.2) is 8.32 Å². The fourth-order valence-electron chi connectivity index (χ4n) is 5.72. The number of hydrogen-bond donors (Lipinski definition) is 1. The number of carbonyl (C=O) groups is 1. The average Bonchev–Trinajstić information content (AvgIpc) is 3.10. The Labute approximate surface area is 323 Å². The van der Waals surface area contributed by atoms with Crippen molar-refractivity contribution in [3.05, 3.63) is 54.6 Å². The van der Waals surface area contributed by atoms with Crippen LogP contribution in [0.5, 0.6) is 5.75 Å². The summed E-state index contributed by atoms with van der Waals surface area (Å²) in [7, 11) is -3.94. The van der Waals surface area contributed by atoms with Crippen LogP contribution in [0.4, 0.5) is 74.6 Å². The number of allylic oxidation sites excluding steroid dienone is 1. The maximum atomic E-state index is 14.9. The summed E-state index contributed by atoms with van der Waals surface area (Å²) in [5.74, 6) is -57.3. The number of alkyl halides is 17. The molecule has 5 nitrogen and oxygen atoms in total. The van der Waals surface area contributed by atoms with E-state index in [9.17, 15) is 84.5 Å². The van der Waals surface area contributed by atoms with Gasteiger partial charge in [-0.05, 0) is 53.6 Å². The van der Waals surface area contributed by atoms with Crippen molar-refractivity contribution in [3.63, 3.8) is 0 Å². The summed E-state index contributed by atoms with van der Waals surface area (Å²) in [4.78, 5) is 11.5. The van der Waals surface area contributed by atoms with E-state index >= 15 is 0 Å². The van der Waals surface area contributed by atoms with Crippen LogP contribution in [-0.2, 0) is 14.0 Å². The van der Waals surface area contributed by atoms with E-state index in [0.29, 0.717) is 18.4 Å². The fourth-order valence-corrected chi connectivity index (χ4v) is 10.2. The molecule has 1 N–H and O–H groups in total. The van der Waals surface area contributed by atoms with Crippen LogP contribution >= 0.6 is 0 Å². The molecule has 0 fully saturated rings. The molecule has 0 amide bonds. The van der Waals surface area contributed by atoms with Crippen molar-refractivity contribution in [1.82, 2.24) is 0 Å². The largest absolute Gasteiger partial charge is 0.491 e. The SMILES string of the molecule is C=CCOC(=O)/C=C/CC[C@@H](C)[C@@H](O)c1ccc(OCCO[Si](CCC(F)(F)C(F)(F)C(F)(F)C(F)(F)C(F)(F)C(F)(F)C(F)(F)C(F)(F)F)(C(C)C)C(C)C)cc1. The Hall–Kier alpha value is -3.08. The number of ether oxygens (including phenoxy) is 2. The van der Waals surface area contributed by atoms with Gasteiger partial charge in [0.25, 0.3) is 0 Å².